The van der Waals surface area contributed by atoms with Crippen molar-refractivity contribution in [2.75, 3.05) is 6.54 Å². The van der Waals surface area contributed by atoms with E-state index in [0.717, 1.165) is 19.4 Å². The third kappa shape index (κ3) is 3.48. The minimum Gasteiger partial charge on any atom is -0.328 e. The quantitative estimate of drug-likeness (QED) is 0.769. The molecule has 3 nitrogen and oxygen atoms in total. The Hall–Kier alpha value is -0.590. The molecule has 0 aromatic heterocycles. The van der Waals surface area contributed by atoms with E-state index in [-0.39, 0.29) is 0 Å². The van der Waals surface area contributed by atoms with Crippen LogP contribution in [0.5, 0.6) is 0 Å². The molecule has 1 fully saturated rings. The Morgan fingerprint density at radius 2 is 2.00 bits per heavy atom. The fourth-order valence-corrected chi connectivity index (χ4v) is 2.61. The smallest absolute Gasteiger partial charge is 0.0638 e. The fraction of sp³-hybridized carbons (Fsp3) is 0.917. The Morgan fingerprint density at radius 1 is 1.40 bits per heavy atom. The van der Waals surface area contributed by atoms with Crippen LogP contribution in [0.4, 0.5) is 0 Å². The average molecular weight is 209 g/mol. The van der Waals surface area contributed by atoms with Crippen molar-refractivity contribution in [1.82, 2.24) is 4.90 Å². The largest absolute Gasteiger partial charge is 0.328 e. The van der Waals surface area contributed by atoms with Crippen molar-refractivity contribution in [3.05, 3.63) is 0 Å². The van der Waals surface area contributed by atoms with Gasteiger partial charge in [0.2, 0.25) is 0 Å². The number of hydrogen-bond donors (Lipinski definition) is 1. The van der Waals surface area contributed by atoms with Gasteiger partial charge in [-0.05, 0) is 39.2 Å². The summed E-state index contributed by atoms with van der Waals surface area (Å²) in [5, 5.41) is 8.72. The molecule has 0 aromatic rings. The number of rotatable bonds is 4. The zero-order chi connectivity index (χ0) is 11.3. The van der Waals surface area contributed by atoms with Gasteiger partial charge in [0, 0.05) is 18.1 Å². The van der Waals surface area contributed by atoms with E-state index >= 15 is 0 Å². The van der Waals surface area contributed by atoms with Crippen LogP contribution in [0.1, 0.15) is 46.0 Å². The molecular weight excluding hydrogens is 186 g/mol. The van der Waals surface area contributed by atoms with Crippen molar-refractivity contribution < 1.29 is 0 Å². The van der Waals surface area contributed by atoms with Crippen LogP contribution < -0.4 is 5.73 Å². The van der Waals surface area contributed by atoms with Gasteiger partial charge < -0.3 is 5.73 Å². The van der Waals surface area contributed by atoms with Crippen LogP contribution in [-0.4, -0.2) is 29.6 Å². The molecule has 0 heterocycles. The molecule has 86 valence electrons. The standard InChI is InChI=1S/C12H23N3/c1-3-15(10(2)8-9-13)12-6-4-11(14)5-7-12/h10-12H,3-8,14H2,1-2H3. The van der Waals surface area contributed by atoms with Crippen molar-refractivity contribution in [2.24, 2.45) is 5.73 Å². The first-order valence-electron chi connectivity index (χ1n) is 6.07. The van der Waals surface area contributed by atoms with Gasteiger partial charge in [-0.2, -0.15) is 5.26 Å². The molecule has 1 saturated carbocycles. The molecule has 0 saturated heterocycles. The summed E-state index contributed by atoms with van der Waals surface area (Å²) in [7, 11) is 0. The number of nitrogens with two attached hydrogens (primary N) is 1. The first-order chi connectivity index (χ1) is 7.19. The second-order valence-electron chi connectivity index (χ2n) is 4.61. The van der Waals surface area contributed by atoms with E-state index in [1.54, 1.807) is 0 Å². The number of hydrogen-bond acceptors (Lipinski definition) is 3. The van der Waals surface area contributed by atoms with E-state index in [9.17, 15) is 0 Å². The van der Waals surface area contributed by atoms with Crippen molar-refractivity contribution in [1.29, 1.82) is 5.26 Å². The lowest BCUT2D eigenvalue weighted by molar-refractivity contribution is 0.116. The molecule has 0 aliphatic heterocycles. The maximum absolute atomic E-state index is 8.72. The predicted molar refractivity (Wildman–Crippen MR) is 62.3 cm³/mol. The van der Waals surface area contributed by atoms with Gasteiger partial charge in [0.05, 0.1) is 12.5 Å². The first-order valence-corrected chi connectivity index (χ1v) is 6.07. The molecule has 0 aromatic carbocycles. The summed E-state index contributed by atoms with van der Waals surface area (Å²) in [5.74, 6) is 0. The summed E-state index contributed by atoms with van der Waals surface area (Å²) in [6, 6.07) is 3.71. The summed E-state index contributed by atoms with van der Waals surface area (Å²) >= 11 is 0. The maximum Gasteiger partial charge on any atom is 0.0638 e. The Morgan fingerprint density at radius 3 is 2.47 bits per heavy atom. The lowest BCUT2D eigenvalue weighted by Crippen LogP contribution is -2.45. The van der Waals surface area contributed by atoms with Crippen molar-refractivity contribution in [3.63, 3.8) is 0 Å². The highest BCUT2D eigenvalue weighted by molar-refractivity contribution is 4.86. The van der Waals surface area contributed by atoms with Gasteiger partial charge in [0.25, 0.3) is 0 Å². The van der Waals surface area contributed by atoms with E-state index < -0.39 is 0 Å². The van der Waals surface area contributed by atoms with Crippen molar-refractivity contribution >= 4 is 0 Å². The van der Waals surface area contributed by atoms with Crippen molar-refractivity contribution in [2.45, 2.75) is 64.1 Å². The highest BCUT2D eigenvalue weighted by Gasteiger charge is 2.26. The first kappa shape index (κ1) is 12.5. The number of nitriles is 1. The molecule has 1 aliphatic carbocycles. The van der Waals surface area contributed by atoms with Gasteiger partial charge >= 0.3 is 0 Å². The minimum absolute atomic E-state index is 0.388. The molecule has 0 spiro atoms. The van der Waals surface area contributed by atoms with Crippen LogP contribution in [0.3, 0.4) is 0 Å². The van der Waals surface area contributed by atoms with Gasteiger partial charge in [-0.15, -0.1) is 0 Å². The third-order valence-electron chi connectivity index (χ3n) is 3.53. The van der Waals surface area contributed by atoms with E-state index in [0.29, 0.717) is 24.5 Å². The second-order valence-corrected chi connectivity index (χ2v) is 4.61. The maximum atomic E-state index is 8.72. The van der Waals surface area contributed by atoms with E-state index in [2.05, 4.69) is 24.8 Å². The van der Waals surface area contributed by atoms with Gasteiger partial charge in [-0.1, -0.05) is 6.92 Å². The van der Waals surface area contributed by atoms with E-state index in [1.165, 1.54) is 12.8 Å². The zero-order valence-electron chi connectivity index (χ0n) is 9.95. The third-order valence-corrected chi connectivity index (χ3v) is 3.53. The minimum atomic E-state index is 0.388. The summed E-state index contributed by atoms with van der Waals surface area (Å²) in [4.78, 5) is 2.47. The SMILES string of the molecule is CCN(C(C)CC#N)C1CCC(N)CC1. The molecular formula is C12H23N3. The monoisotopic (exact) mass is 209 g/mol. The normalized spacial score (nSPS) is 28.7. The molecule has 1 rings (SSSR count). The van der Waals surface area contributed by atoms with Gasteiger partial charge in [-0.3, -0.25) is 4.90 Å². The zero-order valence-corrected chi connectivity index (χ0v) is 9.95. The molecule has 0 bridgehead atoms. The highest BCUT2D eigenvalue weighted by Crippen LogP contribution is 2.24. The number of nitrogens with zero attached hydrogens (tertiary/aromatic N) is 2. The molecule has 0 amide bonds. The van der Waals surface area contributed by atoms with Crippen LogP contribution in [0.2, 0.25) is 0 Å². The van der Waals surface area contributed by atoms with E-state index in [4.69, 9.17) is 11.0 Å². The van der Waals surface area contributed by atoms with Gasteiger partial charge in [0.15, 0.2) is 0 Å². The lowest BCUT2D eigenvalue weighted by atomic mass is 9.90. The summed E-state index contributed by atoms with van der Waals surface area (Å²) < 4.78 is 0. The van der Waals surface area contributed by atoms with E-state index in [1.807, 2.05) is 0 Å². The second kappa shape index (κ2) is 6.09. The van der Waals surface area contributed by atoms with Crippen LogP contribution in [-0.2, 0) is 0 Å². The molecule has 15 heavy (non-hydrogen) atoms. The molecule has 1 aliphatic rings. The Balaban J connectivity index is 2.48. The molecule has 0 radical (unpaired) electrons. The van der Waals surface area contributed by atoms with Crippen LogP contribution in [0.25, 0.3) is 0 Å². The highest BCUT2D eigenvalue weighted by atomic mass is 15.2. The van der Waals surface area contributed by atoms with Crippen molar-refractivity contribution in [3.8, 4) is 6.07 Å². The fourth-order valence-electron chi connectivity index (χ4n) is 2.61. The summed E-state index contributed by atoms with van der Waals surface area (Å²) in [6.45, 7) is 5.38. The summed E-state index contributed by atoms with van der Waals surface area (Å²) in [5.41, 5.74) is 5.90. The average Bonchev–Trinajstić information content (AvgIpc) is 2.22. The van der Waals surface area contributed by atoms with Gasteiger partial charge in [0.1, 0.15) is 0 Å². The molecule has 3 heteroatoms. The Kier molecular flexibility index (Phi) is 5.07. The van der Waals surface area contributed by atoms with Crippen LogP contribution >= 0.6 is 0 Å². The van der Waals surface area contributed by atoms with Crippen LogP contribution in [0, 0.1) is 11.3 Å². The topological polar surface area (TPSA) is 53.0 Å². The van der Waals surface area contributed by atoms with Crippen LogP contribution in [0.15, 0.2) is 0 Å². The summed E-state index contributed by atoms with van der Waals surface area (Å²) in [6.07, 6.45) is 5.31. The van der Waals surface area contributed by atoms with Gasteiger partial charge in [-0.25, -0.2) is 0 Å². The Labute approximate surface area is 93.2 Å². The molecule has 1 atom stereocenters. The predicted octanol–water partition coefficient (Wildman–Crippen LogP) is 1.88. The molecule has 2 N–H and O–H groups in total. The lowest BCUT2D eigenvalue weighted by Gasteiger charge is -2.38. The Bertz CT molecular complexity index is 213. The molecule has 1 unspecified atom stereocenters.